The van der Waals surface area contributed by atoms with Crippen molar-refractivity contribution in [2.24, 2.45) is 11.8 Å². The molecular formula is C20H26. The van der Waals surface area contributed by atoms with Gasteiger partial charge in [0.05, 0.1) is 0 Å². The smallest absolute Gasteiger partial charge is 0.0248 e. The molecular weight excluding hydrogens is 240 g/mol. The minimum absolute atomic E-state index is 0.734. The maximum absolute atomic E-state index is 2.41. The Labute approximate surface area is 123 Å². The van der Waals surface area contributed by atoms with E-state index in [2.05, 4.69) is 74.5 Å². The van der Waals surface area contributed by atoms with Gasteiger partial charge in [0.15, 0.2) is 0 Å². The molecule has 0 heterocycles. The summed E-state index contributed by atoms with van der Waals surface area (Å²) in [6.45, 7) is 4.71. The summed E-state index contributed by atoms with van der Waals surface area (Å²) in [5, 5.41) is 0. The zero-order valence-electron chi connectivity index (χ0n) is 12.8. The van der Waals surface area contributed by atoms with E-state index in [0.29, 0.717) is 0 Å². The molecule has 0 saturated heterocycles. The molecule has 0 heteroatoms. The molecule has 2 rings (SSSR count). The monoisotopic (exact) mass is 266 g/mol. The van der Waals surface area contributed by atoms with Crippen LogP contribution in [0.15, 0.2) is 60.7 Å². The highest BCUT2D eigenvalue weighted by Gasteiger charge is 2.17. The second-order valence-electron chi connectivity index (χ2n) is 5.91. The van der Waals surface area contributed by atoms with E-state index in [0.717, 1.165) is 11.8 Å². The first-order valence-corrected chi connectivity index (χ1v) is 7.87. The zero-order valence-corrected chi connectivity index (χ0v) is 12.8. The average Bonchev–Trinajstić information content (AvgIpc) is 2.49. The van der Waals surface area contributed by atoms with Gasteiger partial charge in [0.1, 0.15) is 0 Å². The van der Waals surface area contributed by atoms with Crippen LogP contribution in [0.2, 0.25) is 0 Å². The molecule has 0 aromatic heterocycles. The van der Waals surface area contributed by atoms with Crippen LogP contribution >= 0.6 is 0 Å². The molecule has 0 aliphatic carbocycles. The Bertz CT molecular complexity index is 472. The second-order valence-corrected chi connectivity index (χ2v) is 5.91. The molecule has 0 saturated carbocycles. The highest BCUT2D eigenvalue weighted by Crippen LogP contribution is 2.25. The first kappa shape index (κ1) is 14.8. The molecule has 0 aliphatic heterocycles. The number of hydrogen-bond acceptors (Lipinski definition) is 0. The fourth-order valence-electron chi connectivity index (χ4n) is 3.03. The van der Waals surface area contributed by atoms with Gasteiger partial charge in [-0.05, 0) is 35.8 Å². The van der Waals surface area contributed by atoms with Crippen LogP contribution in [0.5, 0.6) is 0 Å². The fraction of sp³-hybridized carbons (Fsp3) is 0.400. The highest BCUT2D eigenvalue weighted by atomic mass is 14.2. The third-order valence-electron chi connectivity index (χ3n) is 4.21. The second kappa shape index (κ2) is 7.89. The standard InChI is InChI=1S/C20H26/c1-3-10-20(16-19-13-8-5-9-14-19)17(2)15-18-11-6-4-7-12-18/h4-9,11-14,17,20H,3,10,15-16H2,1-2H3. The Kier molecular flexibility index (Phi) is 5.86. The van der Waals surface area contributed by atoms with E-state index in [-0.39, 0.29) is 0 Å². The van der Waals surface area contributed by atoms with Gasteiger partial charge in [0, 0.05) is 0 Å². The van der Waals surface area contributed by atoms with Gasteiger partial charge in [0.2, 0.25) is 0 Å². The molecule has 2 aromatic carbocycles. The summed E-state index contributed by atoms with van der Waals surface area (Å²) in [6.07, 6.45) is 5.00. The molecule has 0 nitrogen and oxygen atoms in total. The van der Waals surface area contributed by atoms with Crippen molar-refractivity contribution < 1.29 is 0 Å². The minimum atomic E-state index is 0.734. The lowest BCUT2D eigenvalue weighted by atomic mass is 9.81. The first-order chi connectivity index (χ1) is 9.79. The SMILES string of the molecule is CCCC(Cc1ccccc1)C(C)Cc1ccccc1. The Hall–Kier alpha value is -1.56. The quantitative estimate of drug-likeness (QED) is 0.618. The highest BCUT2D eigenvalue weighted by molar-refractivity contribution is 5.17. The van der Waals surface area contributed by atoms with Gasteiger partial charge in [-0.3, -0.25) is 0 Å². The molecule has 2 atom stereocenters. The number of hydrogen-bond donors (Lipinski definition) is 0. The van der Waals surface area contributed by atoms with Crippen LogP contribution < -0.4 is 0 Å². The van der Waals surface area contributed by atoms with Gasteiger partial charge in [-0.1, -0.05) is 87.4 Å². The number of benzene rings is 2. The van der Waals surface area contributed by atoms with Crippen LogP contribution in [0.25, 0.3) is 0 Å². The van der Waals surface area contributed by atoms with Gasteiger partial charge in [-0.25, -0.2) is 0 Å². The van der Waals surface area contributed by atoms with E-state index in [9.17, 15) is 0 Å². The van der Waals surface area contributed by atoms with Crippen molar-refractivity contribution >= 4 is 0 Å². The average molecular weight is 266 g/mol. The predicted octanol–water partition coefficient (Wildman–Crippen LogP) is 5.52. The first-order valence-electron chi connectivity index (χ1n) is 7.87. The van der Waals surface area contributed by atoms with E-state index < -0.39 is 0 Å². The summed E-state index contributed by atoms with van der Waals surface area (Å²) < 4.78 is 0. The zero-order chi connectivity index (χ0) is 14.2. The molecule has 2 aromatic rings. The van der Waals surface area contributed by atoms with Crippen molar-refractivity contribution in [1.82, 2.24) is 0 Å². The molecule has 0 aliphatic rings. The third kappa shape index (κ3) is 4.52. The lowest BCUT2D eigenvalue weighted by molar-refractivity contribution is 0.328. The van der Waals surface area contributed by atoms with Crippen LogP contribution in [-0.4, -0.2) is 0 Å². The summed E-state index contributed by atoms with van der Waals surface area (Å²) in [7, 11) is 0. The van der Waals surface area contributed by atoms with Gasteiger partial charge in [0.25, 0.3) is 0 Å². The largest absolute Gasteiger partial charge is 0.0654 e. The molecule has 0 radical (unpaired) electrons. The maximum atomic E-state index is 2.41. The Morgan fingerprint density at radius 3 is 1.75 bits per heavy atom. The van der Waals surface area contributed by atoms with E-state index in [4.69, 9.17) is 0 Å². The van der Waals surface area contributed by atoms with Crippen molar-refractivity contribution in [3.05, 3.63) is 71.8 Å². The fourth-order valence-corrected chi connectivity index (χ4v) is 3.03. The lowest BCUT2D eigenvalue weighted by Gasteiger charge is -2.24. The molecule has 0 fully saturated rings. The molecule has 106 valence electrons. The Morgan fingerprint density at radius 2 is 1.25 bits per heavy atom. The molecule has 20 heavy (non-hydrogen) atoms. The summed E-state index contributed by atoms with van der Waals surface area (Å²) in [6, 6.07) is 21.8. The van der Waals surface area contributed by atoms with Gasteiger partial charge in [-0.2, -0.15) is 0 Å². The Morgan fingerprint density at radius 1 is 0.750 bits per heavy atom. The maximum Gasteiger partial charge on any atom is -0.0248 e. The van der Waals surface area contributed by atoms with E-state index in [1.807, 2.05) is 0 Å². The molecule has 0 bridgehead atoms. The summed E-state index contributed by atoms with van der Waals surface area (Å²) in [4.78, 5) is 0. The predicted molar refractivity (Wildman–Crippen MR) is 87.9 cm³/mol. The van der Waals surface area contributed by atoms with Crippen LogP contribution in [0.1, 0.15) is 37.8 Å². The van der Waals surface area contributed by atoms with Gasteiger partial charge >= 0.3 is 0 Å². The van der Waals surface area contributed by atoms with Crippen LogP contribution in [-0.2, 0) is 12.8 Å². The summed E-state index contributed by atoms with van der Waals surface area (Å²) >= 11 is 0. The normalized spacial score (nSPS) is 13.9. The van der Waals surface area contributed by atoms with Gasteiger partial charge in [-0.15, -0.1) is 0 Å². The van der Waals surface area contributed by atoms with Crippen LogP contribution in [0, 0.1) is 11.8 Å². The Balaban J connectivity index is 2.00. The molecule has 0 N–H and O–H groups in total. The van der Waals surface area contributed by atoms with Crippen LogP contribution in [0.3, 0.4) is 0 Å². The minimum Gasteiger partial charge on any atom is -0.0654 e. The van der Waals surface area contributed by atoms with Crippen molar-refractivity contribution in [2.75, 3.05) is 0 Å². The topological polar surface area (TPSA) is 0 Å². The molecule has 2 unspecified atom stereocenters. The van der Waals surface area contributed by atoms with Crippen molar-refractivity contribution in [2.45, 2.75) is 39.5 Å². The van der Waals surface area contributed by atoms with Crippen molar-refractivity contribution in [1.29, 1.82) is 0 Å². The lowest BCUT2D eigenvalue weighted by Crippen LogP contribution is -2.17. The molecule has 0 amide bonds. The van der Waals surface area contributed by atoms with E-state index in [1.165, 1.54) is 36.8 Å². The van der Waals surface area contributed by atoms with E-state index in [1.54, 1.807) is 0 Å². The van der Waals surface area contributed by atoms with Crippen molar-refractivity contribution in [3.8, 4) is 0 Å². The number of rotatable bonds is 7. The van der Waals surface area contributed by atoms with Crippen molar-refractivity contribution in [3.63, 3.8) is 0 Å². The van der Waals surface area contributed by atoms with Gasteiger partial charge < -0.3 is 0 Å². The van der Waals surface area contributed by atoms with Crippen LogP contribution in [0.4, 0.5) is 0 Å². The third-order valence-corrected chi connectivity index (χ3v) is 4.21. The summed E-state index contributed by atoms with van der Waals surface area (Å²) in [5.74, 6) is 1.51. The van der Waals surface area contributed by atoms with E-state index >= 15 is 0 Å². The summed E-state index contributed by atoms with van der Waals surface area (Å²) in [5.41, 5.74) is 2.94. The molecule has 0 spiro atoms.